The number of nitrogens with one attached hydrogen (secondary N) is 1. The molecular weight excluding hydrogens is 359 g/mol. The van der Waals surface area contributed by atoms with Crippen molar-refractivity contribution in [3.63, 3.8) is 0 Å². The van der Waals surface area contributed by atoms with Crippen molar-refractivity contribution in [3.05, 3.63) is 46.7 Å². The molecule has 0 radical (unpaired) electrons. The van der Waals surface area contributed by atoms with Crippen molar-refractivity contribution in [1.29, 1.82) is 0 Å². The Balaban J connectivity index is 1.72. The van der Waals surface area contributed by atoms with Gasteiger partial charge in [-0.05, 0) is 37.5 Å². The van der Waals surface area contributed by atoms with Crippen LogP contribution in [-0.4, -0.2) is 39.9 Å². The van der Waals surface area contributed by atoms with E-state index in [4.69, 9.17) is 4.74 Å². The molecule has 0 atom stereocenters. The van der Waals surface area contributed by atoms with E-state index in [-0.39, 0.29) is 17.6 Å². The van der Waals surface area contributed by atoms with Gasteiger partial charge in [0, 0.05) is 31.0 Å². The number of hydrogen-bond donors (Lipinski definition) is 1. The lowest BCUT2D eigenvalue weighted by Crippen LogP contribution is -2.29. The summed E-state index contributed by atoms with van der Waals surface area (Å²) in [6.07, 6.45) is -1.15. The van der Waals surface area contributed by atoms with Gasteiger partial charge in [0.25, 0.3) is 0 Å². The van der Waals surface area contributed by atoms with Crippen molar-refractivity contribution in [3.8, 4) is 0 Å². The predicted molar refractivity (Wildman–Crippen MR) is 92.8 cm³/mol. The first-order chi connectivity index (χ1) is 12.9. The summed E-state index contributed by atoms with van der Waals surface area (Å²) in [5.74, 6) is 0.680. The van der Waals surface area contributed by atoms with Crippen molar-refractivity contribution >= 4 is 11.5 Å². The number of aromatic nitrogens is 3. The minimum absolute atomic E-state index is 0.0544. The largest absolute Gasteiger partial charge is 0.433 e. The Kier molecular flexibility index (Phi) is 4.55. The summed E-state index contributed by atoms with van der Waals surface area (Å²) < 4.78 is 44.8. The fraction of sp³-hybridized carbons (Fsp3) is 0.444. The molecule has 6 nitrogen and oxygen atoms in total. The molecule has 0 aliphatic carbocycles. The van der Waals surface area contributed by atoms with Crippen molar-refractivity contribution in [2.75, 3.05) is 18.5 Å². The molecule has 9 heteroatoms. The van der Waals surface area contributed by atoms with Gasteiger partial charge in [-0.25, -0.2) is 15.0 Å². The summed E-state index contributed by atoms with van der Waals surface area (Å²) in [6, 6.07) is 2.99. The van der Waals surface area contributed by atoms with Crippen molar-refractivity contribution in [2.24, 2.45) is 4.99 Å². The average molecular weight is 377 g/mol. The second-order valence-corrected chi connectivity index (χ2v) is 6.57. The second-order valence-electron chi connectivity index (χ2n) is 6.57. The van der Waals surface area contributed by atoms with Crippen LogP contribution in [0.4, 0.5) is 19.0 Å². The quantitative estimate of drug-likeness (QED) is 0.890. The zero-order valence-electron chi connectivity index (χ0n) is 14.7. The molecule has 142 valence electrons. The van der Waals surface area contributed by atoms with E-state index in [1.54, 1.807) is 6.20 Å². The average Bonchev–Trinajstić information content (AvgIpc) is 3.07. The Morgan fingerprint density at radius 3 is 2.70 bits per heavy atom. The van der Waals surface area contributed by atoms with Crippen LogP contribution in [0.3, 0.4) is 0 Å². The van der Waals surface area contributed by atoms with E-state index >= 15 is 0 Å². The van der Waals surface area contributed by atoms with Gasteiger partial charge in [0.05, 0.1) is 18.0 Å². The van der Waals surface area contributed by atoms with Crippen LogP contribution >= 0.6 is 0 Å². The Morgan fingerprint density at radius 1 is 1.19 bits per heavy atom. The molecule has 0 saturated carbocycles. The molecule has 1 saturated heterocycles. The van der Waals surface area contributed by atoms with Gasteiger partial charge in [-0.1, -0.05) is 0 Å². The fourth-order valence-electron chi connectivity index (χ4n) is 3.33. The molecular formula is C18H18F3N5O. The number of pyridine rings is 1. The summed E-state index contributed by atoms with van der Waals surface area (Å²) in [7, 11) is 0. The first-order valence-electron chi connectivity index (χ1n) is 8.72. The molecule has 0 amide bonds. The van der Waals surface area contributed by atoms with E-state index in [1.807, 2.05) is 6.07 Å². The van der Waals surface area contributed by atoms with Gasteiger partial charge >= 0.3 is 6.18 Å². The van der Waals surface area contributed by atoms with E-state index in [0.29, 0.717) is 31.3 Å². The molecule has 2 aliphatic heterocycles. The molecule has 0 aromatic carbocycles. The van der Waals surface area contributed by atoms with Crippen LogP contribution in [-0.2, 0) is 17.5 Å². The van der Waals surface area contributed by atoms with Crippen molar-refractivity contribution in [1.82, 2.24) is 15.0 Å². The topological polar surface area (TPSA) is 72.3 Å². The van der Waals surface area contributed by atoms with Crippen LogP contribution in [0.15, 0.2) is 23.3 Å². The highest BCUT2D eigenvalue weighted by Gasteiger charge is 2.34. The number of rotatable bonds is 3. The van der Waals surface area contributed by atoms with Crippen LogP contribution < -0.4 is 5.32 Å². The zero-order valence-corrected chi connectivity index (χ0v) is 14.7. The van der Waals surface area contributed by atoms with Gasteiger partial charge in [0.1, 0.15) is 17.3 Å². The second kappa shape index (κ2) is 6.88. The van der Waals surface area contributed by atoms with Crippen LogP contribution in [0, 0.1) is 6.92 Å². The molecule has 1 fully saturated rings. The maximum absolute atomic E-state index is 13.2. The molecule has 4 heterocycles. The first-order valence-corrected chi connectivity index (χ1v) is 8.72. The third-order valence-electron chi connectivity index (χ3n) is 4.61. The van der Waals surface area contributed by atoms with Crippen molar-refractivity contribution < 1.29 is 17.9 Å². The lowest BCUT2D eigenvalue weighted by molar-refractivity contribution is -0.141. The molecule has 4 rings (SSSR count). The summed E-state index contributed by atoms with van der Waals surface area (Å²) in [5, 5.41) is 3.40. The van der Waals surface area contributed by atoms with Crippen LogP contribution in [0.5, 0.6) is 0 Å². The number of fused-ring (bicyclic) bond motifs is 1. The molecule has 27 heavy (non-hydrogen) atoms. The highest BCUT2D eigenvalue weighted by atomic mass is 19.4. The maximum atomic E-state index is 13.2. The Bertz CT molecular complexity index is 891. The predicted octanol–water partition coefficient (Wildman–Crippen LogP) is 3.14. The lowest BCUT2D eigenvalue weighted by atomic mass is 10.0. The number of alkyl halides is 3. The molecule has 0 bridgehead atoms. The zero-order chi connectivity index (χ0) is 19.0. The lowest BCUT2D eigenvalue weighted by Gasteiger charge is -2.24. The standard InChI is InChI=1S/C18H18F3N5O/c1-10-24-13(8-14(25-10)18(19,20)21)16-15-11(9-23-16)2-5-22-17(15)26-12-3-6-27-7-4-12/h2,5,8,12H,3-4,6-7,9H2,1H3,(H,22,26). The maximum Gasteiger partial charge on any atom is 0.433 e. The van der Waals surface area contributed by atoms with E-state index in [2.05, 4.69) is 25.3 Å². The molecule has 1 N–H and O–H groups in total. The van der Waals surface area contributed by atoms with Gasteiger partial charge in [0.15, 0.2) is 0 Å². The summed E-state index contributed by atoms with van der Waals surface area (Å²) >= 11 is 0. The minimum Gasteiger partial charge on any atom is -0.381 e. The van der Waals surface area contributed by atoms with Crippen LogP contribution in [0.25, 0.3) is 0 Å². The van der Waals surface area contributed by atoms with Crippen molar-refractivity contribution in [2.45, 2.75) is 38.5 Å². The van der Waals surface area contributed by atoms with E-state index in [1.165, 1.54) is 6.92 Å². The highest BCUT2D eigenvalue weighted by molar-refractivity contribution is 6.16. The molecule has 0 unspecified atom stereocenters. The summed E-state index contributed by atoms with van der Waals surface area (Å²) in [4.78, 5) is 16.6. The number of halogens is 3. The number of aliphatic imine (C=N–C) groups is 1. The molecule has 0 spiro atoms. The molecule has 2 aromatic rings. The van der Waals surface area contributed by atoms with Gasteiger partial charge in [-0.2, -0.15) is 13.2 Å². The van der Waals surface area contributed by atoms with Gasteiger partial charge < -0.3 is 10.1 Å². The number of ether oxygens (including phenoxy) is 1. The van der Waals surface area contributed by atoms with Crippen LogP contribution in [0.1, 0.15) is 41.2 Å². The monoisotopic (exact) mass is 377 g/mol. The summed E-state index contributed by atoms with van der Waals surface area (Å²) in [6.45, 7) is 3.18. The SMILES string of the molecule is Cc1nc(C2=NCc3ccnc(NC4CCOCC4)c32)cc(C(F)(F)F)n1. The minimum atomic E-state index is -4.54. The van der Waals surface area contributed by atoms with E-state index < -0.39 is 11.9 Å². The number of anilines is 1. The van der Waals surface area contributed by atoms with E-state index in [9.17, 15) is 13.2 Å². The number of nitrogens with zero attached hydrogens (tertiary/aromatic N) is 4. The first kappa shape index (κ1) is 17.8. The molecule has 2 aromatic heterocycles. The Hall–Kier alpha value is -2.55. The number of hydrogen-bond acceptors (Lipinski definition) is 6. The third kappa shape index (κ3) is 3.64. The summed E-state index contributed by atoms with van der Waals surface area (Å²) in [5.41, 5.74) is 1.25. The van der Waals surface area contributed by atoms with Gasteiger partial charge in [-0.15, -0.1) is 0 Å². The van der Waals surface area contributed by atoms with E-state index in [0.717, 1.165) is 30.0 Å². The number of aryl methyl sites for hydroxylation is 1. The van der Waals surface area contributed by atoms with Gasteiger partial charge in [-0.3, -0.25) is 4.99 Å². The highest BCUT2D eigenvalue weighted by Crippen LogP contribution is 2.32. The van der Waals surface area contributed by atoms with Gasteiger partial charge in [0.2, 0.25) is 0 Å². The molecule has 2 aliphatic rings. The Labute approximate surface area is 153 Å². The Morgan fingerprint density at radius 2 is 1.96 bits per heavy atom. The smallest absolute Gasteiger partial charge is 0.381 e. The third-order valence-corrected chi connectivity index (χ3v) is 4.61. The fourth-order valence-corrected chi connectivity index (χ4v) is 3.33. The normalized spacial score (nSPS) is 17.6. The van der Waals surface area contributed by atoms with Crippen LogP contribution in [0.2, 0.25) is 0 Å².